The second-order valence-electron chi connectivity index (χ2n) is 4.65. The lowest BCUT2D eigenvalue weighted by atomic mass is 10.3. The molecule has 0 bridgehead atoms. The molecule has 0 spiro atoms. The number of nitrogens with zero attached hydrogens (tertiary/aromatic N) is 4. The molecule has 0 fully saturated rings. The minimum absolute atomic E-state index is 0.170. The van der Waals surface area contributed by atoms with E-state index in [4.69, 9.17) is 0 Å². The Morgan fingerprint density at radius 2 is 1.55 bits per heavy atom. The largest absolute Gasteiger partial charge is 0.327 e. The lowest BCUT2D eigenvalue weighted by Gasteiger charge is -2.19. The van der Waals surface area contributed by atoms with Crippen molar-refractivity contribution < 1.29 is 8.42 Å². The number of anilines is 2. The Bertz CT molecular complexity index is 861. The third kappa shape index (κ3) is 2.46. The number of aromatic nitrogens is 3. The summed E-state index contributed by atoms with van der Waals surface area (Å²) < 4.78 is 26.3. The summed E-state index contributed by atoms with van der Waals surface area (Å²) in [7, 11) is -2.01. The van der Waals surface area contributed by atoms with Gasteiger partial charge in [0.1, 0.15) is 0 Å². The zero-order valence-electron chi connectivity index (χ0n) is 11.9. The van der Waals surface area contributed by atoms with Crippen LogP contribution >= 0.6 is 0 Å². The summed E-state index contributed by atoms with van der Waals surface area (Å²) in [6.07, 6.45) is 1.42. The summed E-state index contributed by atoms with van der Waals surface area (Å²) in [6, 6.07) is 17.6. The van der Waals surface area contributed by atoms with Gasteiger partial charge in [-0.1, -0.05) is 36.4 Å². The Morgan fingerprint density at radius 3 is 2.18 bits per heavy atom. The molecule has 3 aromatic rings. The van der Waals surface area contributed by atoms with E-state index in [0.717, 1.165) is 9.77 Å². The fourth-order valence-electron chi connectivity index (χ4n) is 2.08. The molecule has 0 unspecified atom stereocenters. The van der Waals surface area contributed by atoms with Gasteiger partial charge < -0.3 is 4.90 Å². The summed E-state index contributed by atoms with van der Waals surface area (Å²) in [5.41, 5.74) is 0.842. The molecule has 3 rings (SSSR count). The van der Waals surface area contributed by atoms with Gasteiger partial charge in [0.25, 0.3) is 10.0 Å². The molecule has 0 atom stereocenters. The van der Waals surface area contributed by atoms with Crippen LogP contribution in [0.5, 0.6) is 0 Å². The fraction of sp³-hybridized carbons (Fsp3) is 0.0667. The highest BCUT2D eigenvalue weighted by Gasteiger charge is 2.23. The van der Waals surface area contributed by atoms with Crippen LogP contribution in [0.1, 0.15) is 0 Å². The minimum Gasteiger partial charge on any atom is -0.327 e. The molecular weight excluding hydrogens is 300 g/mol. The van der Waals surface area contributed by atoms with Gasteiger partial charge in [-0.2, -0.15) is 8.42 Å². The molecule has 0 aliphatic rings. The average molecular weight is 314 g/mol. The standard InChI is InChI=1S/C15H14N4O2S/c1-18(13-8-4-2-5-9-13)15-12-16-17-19(15)22(20,21)14-10-6-3-7-11-14/h2-12H,1H3. The van der Waals surface area contributed by atoms with Gasteiger partial charge in [0.05, 0.1) is 11.1 Å². The molecule has 0 saturated carbocycles. The van der Waals surface area contributed by atoms with E-state index in [9.17, 15) is 8.42 Å². The predicted molar refractivity (Wildman–Crippen MR) is 83.6 cm³/mol. The van der Waals surface area contributed by atoms with Gasteiger partial charge >= 0.3 is 0 Å². The molecule has 0 aliphatic heterocycles. The van der Waals surface area contributed by atoms with Gasteiger partial charge in [0.2, 0.25) is 0 Å². The molecule has 7 heteroatoms. The zero-order valence-corrected chi connectivity index (χ0v) is 12.7. The zero-order chi connectivity index (χ0) is 15.6. The Morgan fingerprint density at radius 1 is 0.955 bits per heavy atom. The molecule has 22 heavy (non-hydrogen) atoms. The summed E-state index contributed by atoms with van der Waals surface area (Å²) in [4.78, 5) is 1.89. The second kappa shape index (κ2) is 5.61. The van der Waals surface area contributed by atoms with Gasteiger partial charge in [-0.25, -0.2) is 0 Å². The molecule has 1 aromatic heterocycles. The van der Waals surface area contributed by atoms with E-state index >= 15 is 0 Å². The Hall–Kier alpha value is -2.67. The van der Waals surface area contributed by atoms with Crippen molar-refractivity contribution in [1.29, 1.82) is 0 Å². The molecular formula is C15H14N4O2S. The van der Waals surface area contributed by atoms with Gasteiger partial charge in [0, 0.05) is 12.7 Å². The monoisotopic (exact) mass is 314 g/mol. The summed E-state index contributed by atoms with van der Waals surface area (Å²) >= 11 is 0. The molecule has 0 aliphatic carbocycles. The minimum atomic E-state index is -3.78. The number of para-hydroxylation sites is 1. The van der Waals surface area contributed by atoms with Crippen LogP contribution in [0, 0.1) is 0 Å². The van der Waals surface area contributed by atoms with Crippen LogP contribution in [-0.4, -0.2) is 29.9 Å². The van der Waals surface area contributed by atoms with Gasteiger partial charge in [-0.15, -0.1) is 9.19 Å². The number of hydrogen-bond acceptors (Lipinski definition) is 5. The van der Waals surface area contributed by atoms with Crippen LogP contribution in [-0.2, 0) is 10.0 Å². The maximum atomic E-state index is 12.7. The Balaban J connectivity index is 2.07. The van der Waals surface area contributed by atoms with E-state index in [1.807, 2.05) is 30.3 Å². The first kappa shape index (κ1) is 14.3. The molecule has 0 N–H and O–H groups in total. The van der Waals surface area contributed by atoms with Crippen LogP contribution < -0.4 is 4.90 Å². The van der Waals surface area contributed by atoms with Crippen molar-refractivity contribution in [2.24, 2.45) is 0 Å². The van der Waals surface area contributed by atoms with Crippen molar-refractivity contribution in [2.75, 3.05) is 11.9 Å². The summed E-state index contributed by atoms with van der Waals surface area (Å²) in [6.45, 7) is 0. The van der Waals surface area contributed by atoms with Crippen molar-refractivity contribution in [1.82, 2.24) is 14.4 Å². The summed E-state index contributed by atoms with van der Waals surface area (Å²) in [5, 5.41) is 7.50. The van der Waals surface area contributed by atoms with Crippen molar-refractivity contribution in [3.8, 4) is 0 Å². The van der Waals surface area contributed by atoms with E-state index < -0.39 is 10.0 Å². The van der Waals surface area contributed by atoms with Crippen LogP contribution in [0.3, 0.4) is 0 Å². The first-order chi connectivity index (χ1) is 10.6. The molecule has 1 heterocycles. The van der Waals surface area contributed by atoms with Crippen molar-refractivity contribution in [3.05, 3.63) is 66.9 Å². The number of hydrogen-bond donors (Lipinski definition) is 0. The van der Waals surface area contributed by atoms with E-state index in [1.54, 1.807) is 30.1 Å². The van der Waals surface area contributed by atoms with Gasteiger partial charge in [-0.05, 0) is 29.5 Å². The molecule has 112 valence electrons. The lowest BCUT2D eigenvalue weighted by molar-refractivity contribution is 0.577. The highest BCUT2D eigenvalue weighted by molar-refractivity contribution is 7.90. The number of benzene rings is 2. The van der Waals surface area contributed by atoms with Crippen LogP contribution in [0.4, 0.5) is 11.5 Å². The highest BCUT2D eigenvalue weighted by Crippen LogP contribution is 2.25. The lowest BCUT2D eigenvalue weighted by Crippen LogP contribution is -2.21. The Labute approximate surface area is 128 Å². The van der Waals surface area contributed by atoms with Crippen LogP contribution in [0.15, 0.2) is 71.8 Å². The van der Waals surface area contributed by atoms with E-state index in [2.05, 4.69) is 10.3 Å². The van der Waals surface area contributed by atoms with E-state index in [0.29, 0.717) is 5.82 Å². The van der Waals surface area contributed by atoms with Crippen molar-refractivity contribution in [2.45, 2.75) is 4.90 Å². The predicted octanol–water partition coefficient (Wildman–Crippen LogP) is 2.28. The molecule has 2 aromatic carbocycles. The van der Waals surface area contributed by atoms with E-state index in [1.165, 1.54) is 18.3 Å². The SMILES string of the molecule is CN(c1ccccc1)c1cnnn1S(=O)(=O)c1ccccc1. The van der Waals surface area contributed by atoms with Crippen molar-refractivity contribution in [3.63, 3.8) is 0 Å². The molecule has 0 saturated heterocycles. The smallest absolute Gasteiger partial charge is 0.286 e. The molecule has 6 nitrogen and oxygen atoms in total. The third-order valence-corrected chi connectivity index (χ3v) is 4.84. The first-order valence-electron chi connectivity index (χ1n) is 6.61. The normalized spacial score (nSPS) is 11.3. The third-order valence-electron chi connectivity index (χ3n) is 3.26. The molecule has 0 amide bonds. The summed E-state index contributed by atoms with van der Waals surface area (Å²) in [5.74, 6) is 0.370. The maximum Gasteiger partial charge on any atom is 0.286 e. The average Bonchev–Trinajstić information content (AvgIpc) is 3.06. The Kier molecular flexibility index (Phi) is 3.64. The van der Waals surface area contributed by atoms with Gasteiger partial charge in [0.15, 0.2) is 5.82 Å². The van der Waals surface area contributed by atoms with Crippen molar-refractivity contribution >= 4 is 21.5 Å². The number of rotatable bonds is 4. The van der Waals surface area contributed by atoms with E-state index in [-0.39, 0.29) is 4.90 Å². The quantitative estimate of drug-likeness (QED) is 0.739. The highest BCUT2D eigenvalue weighted by atomic mass is 32.2. The topological polar surface area (TPSA) is 68.1 Å². The van der Waals surface area contributed by atoms with Crippen LogP contribution in [0.25, 0.3) is 0 Å². The second-order valence-corrected chi connectivity index (χ2v) is 6.42. The van der Waals surface area contributed by atoms with Gasteiger partial charge in [-0.3, -0.25) is 0 Å². The fourth-order valence-corrected chi connectivity index (χ4v) is 3.34. The first-order valence-corrected chi connectivity index (χ1v) is 8.05. The molecule has 0 radical (unpaired) electrons. The maximum absolute atomic E-state index is 12.7. The van der Waals surface area contributed by atoms with Crippen LogP contribution in [0.2, 0.25) is 0 Å².